The van der Waals surface area contributed by atoms with Crippen LogP contribution in [-0.2, 0) is 88.1 Å². The summed E-state index contributed by atoms with van der Waals surface area (Å²) in [6.07, 6.45) is 1.58. The smallest absolute Gasteiger partial charge is 0.306 e. The van der Waals surface area contributed by atoms with Crippen LogP contribution in [0.25, 0.3) is 0 Å². The van der Waals surface area contributed by atoms with Crippen molar-refractivity contribution in [1.82, 2.24) is 0 Å². The number of aromatic hydroxyl groups is 4. The molecule has 0 aromatic heterocycles. The molecule has 0 unspecified atom stereocenters. The van der Waals surface area contributed by atoms with Crippen LogP contribution < -0.4 is 0 Å². The van der Waals surface area contributed by atoms with E-state index in [4.69, 9.17) is 9.47 Å². The molecule has 0 fully saturated rings. The van der Waals surface area contributed by atoms with Gasteiger partial charge in [0.15, 0.2) is 0 Å². The van der Waals surface area contributed by atoms with E-state index in [0.29, 0.717) is 25.7 Å². The summed E-state index contributed by atoms with van der Waals surface area (Å²) >= 11 is 0. The lowest BCUT2D eigenvalue weighted by Gasteiger charge is -2.36. The molecule has 0 heterocycles. The summed E-state index contributed by atoms with van der Waals surface area (Å²) in [6, 6.07) is 16.2. The van der Waals surface area contributed by atoms with Crippen LogP contribution in [0.5, 0.6) is 23.0 Å². The van der Waals surface area contributed by atoms with Gasteiger partial charge in [0.1, 0.15) is 36.2 Å². The third kappa shape index (κ3) is 16.0. The van der Waals surface area contributed by atoms with Crippen molar-refractivity contribution in [3.05, 3.63) is 115 Å². The maximum absolute atomic E-state index is 14.4. The molecule has 0 bridgehead atoms. The van der Waals surface area contributed by atoms with Gasteiger partial charge in [-0.3, -0.25) is 9.59 Å². The van der Waals surface area contributed by atoms with E-state index in [1.54, 1.807) is 0 Å². The highest BCUT2D eigenvalue weighted by atomic mass is 16.5. The van der Waals surface area contributed by atoms with Crippen molar-refractivity contribution < 1.29 is 39.5 Å². The Kier molecular flexibility index (Phi) is 18.2. The van der Waals surface area contributed by atoms with E-state index in [9.17, 15) is 30.0 Å². The van der Waals surface area contributed by atoms with Gasteiger partial charge in [0.25, 0.3) is 0 Å². The standard InChI is InChI=1S/C67H100O8/c1-59(2,3)45-29-41(30-46(55(45)70)60(4,5)6)25-27-53(68)74-39-67(37-43-33-49(63(13,14)15)57(72)50(34-43)64(16,17)18,38-44-35-51(65(19,20)21)58(73)52(36-44)66(22,23)24)40-75-54(69)28-26-42-31-47(61(7,8)9)56(71)48(32-42)62(10,11)12/h29-36,70-73H,25-28,37-40H2,1-24H3. The maximum Gasteiger partial charge on any atom is 0.306 e. The second-order valence-electron chi connectivity index (χ2n) is 30.3. The van der Waals surface area contributed by atoms with Crippen LogP contribution in [0.1, 0.15) is 246 Å². The first-order valence-electron chi connectivity index (χ1n) is 27.4. The normalized spacial score (nSPS) is 13.5. The van der Waals surface area contributed by atoms with E-state index in [-0.39, 0.29) is 70.7 Å². The number of hydrogen-bond acceptors (Lipinski definition) is 8. The zero-order chi connectivity index (χ0) is 57.6. The quantitative estimate of drug-likeness (QED) is 0.0918. The summed E-state index contributed by atoms with van der Waals surface area (Å²) in [4.78, 5) is 28.8. The number of rotatable bonds is 14. The SMILES string of the molecule is CC(C)(C)c1cc(CCC(=O)OCC(COC(=O)CCc2cc(C(C)(C)C)c(O)c(C(C)(C)C)c2)(Cc2cc(C(C)(C)C)c(O)c(C(C)(C)C)c2)Cc2cc(C(C)(C)C)c(O)c(C(C)(C)C)c2)cc(C(C)(C)C)c1O. The summed E-state index contributed by atoms with van der Waals surface area (Å²) in [7, 11) is 0. The van der Waals surface area contributed by atoms with E-state index in [2.05, 4.69) is 190 Å². The fourth-order valence-corrected chi connectivity index (χ4v) is 10.1. The minimum Gasteiger partial charge on any atom is -0.507 e. The zero-order valence-corrected chi connectivity index (χ0v) is 51.2. The molecule has 0 spiro atoms. The Morgan fingerprint density at radius 2 is 0.493 bits per heavy atom. The van der Waals surface area contributed by atoms with Gasteiger partial charge in [0, 0.05) is 18.3 Å². The second-order valence-corrected chi connectivity index (χ2v) is 30.3. The highest BCUT2D eigenvalue weighted by Gasteiger charge is 2.39. The van der Waals surface area contributed by atoms with Crippen molar-refractivity contribution in [1.29, 1.82) is 0 Å². The average molecular weight is 1030 g/mol. The predicted octanol–water partition coefficient (Wildman–Crippen LogP) is 16.0. The Morgan fingerprint density at radius 1 is 0.320 bits per heavy atom. The van der Waals surface area contributed by atoms with E-state index in [1.807, 2.05) is 24.3 Å². The van der Waals surface area contributed by atoms with Gasteiger partial charge in [-0.25, -0.2) is 0 Å². The lowest BCUT2D eigenvalue weighted by Crippen LogP contribution is -2.39. The molecule has 0 atom stereocenters. The number of phenols is 4. The number of ether oxygens (including phenoxy) is 2. The topological polar surface area (TPSA) is 134 Å². The monoisotopic (exact) mass is 1030 g/mol. The van der Waals surface area contributed by atoms with Gasteiger partial charge in [0.2, 0.25) is 0 Å². The molecule has 75 heavy (non-hydrogen) atoms. The Hall–Kier alpha value is -4.98. The third-order valence-corrected chi connectivity index (χ3v) is 14.6. The molecule has 0 aliphatic heterocycles. The highest BCUT2D eigenvalue weighted by molar-refractivity contribution is 5.71. The molecule has 4 aromatic carbocycles. The first-order chi connectivity index (χ1) is 33.7. The molecule has 4 aromatic rings. The molecule has 8 nitrogen and oxygen atoms in total. The van der Waals surface area contributed by atoms with E-state index >= 15 is 0 Å². The minimum absolute atomic E-state index is 0.0800. The molecule has 416 valence electrons. The predicted molar refractivity (Wildman–Crippen MR) is 310 cm³/mol. The van der Waals surface area contributed by atoms with Crippen LogP contribution in [0.15, 0.2) is 48.5 Å². The van der Waals surface area contributed by atoms with Crippen molar-refractivity contribution in [3.8, 4) is 23.0 Å². The molecule has 0 aliphatic rings. The van der Waals surface area contributed by atoms with Gasteiger partial charge >= 0.3 is 11.9 Å². The van der Waals surface area contributed by atoms with E-state index in [0.717, 1.165) is 66.8 Å². The second kappa shape index (κ2) is 21.8. The lowest BCUT2D eigenvalue weighted by atomic mass is 9.72. The summed E-state index contributed by atoms with van der Waals surface area (Å²) < 4.78 is 13.0. The number of benzene rings is 4. The van der Waals surface area contributed by atoms with Crippen LogP contribution in [0.4, 0.5) is 0 Å². The Labute approximate surface area is 454 Å². The largest absolute Gasteiger partial charge is 0.507 e. The molecule has 4 rings (SSSR count). The molecule has 4 N–H and O–H groups in total. The number of phenolic OH excluding ortho intramolecular Hbond substituents is 4. The van der Waals surface area contributed by atoms with Gasteiger partial charge in [-0.2, -0.15) is 0 Å². The first-order valence-corrected chi connectivity index (χ1v) is 27.4. The summed E-state index contributed by atoms with van der Waals surface area (Å²) in [5, 5.41) is 46.7. The van der Waals surface area contributed by atoms with E-state index < -0.39 is 39.0 Å². The van der Waals surface area contributed by atoms with Crippen molar-refractivity contribution in [2.45, 2.75) is 248 Å². The van der Waals surface area contributed by atoms with Crippen molar-refractivity contribution in [2.75, 3.05) is 13.2 Å². The number of hydrogen-bond donors (Lipinski definition) is 4. The van der Waals surface area contributed by atoms with E-state index in [1.165, 1.54) is 0 Å². The highest BCUT2D eigenvalue weighted by Crippen LogP contribution is 2.46. The van der Waals surface area contributed by atoms with Gasteiger partial charge in [-0.15, -0.1) is 0 Å². The molecule has 0 amide bonds. The van der Waals surface area contributed by atoms with Gasteiger partial charge < -0.3 is 29.9 Å². The molecule has 0 saturated heterocycles. The van der Waals surface area contributed by atoms with Crippen LogP contribution in [0, 0.1) is 5.41 Å². The Balaban J connectivity index is 1.94. The van der Waals surface area contributed by atoms with Crippen molar-refractivity contribution >= 4 is 11.9 Å². The molecule has 0 aliphatic carbocycles. The molecule has 0 radical (unpaired) electrons. The molecular formula is C67H100O8. The third-order valence-electron chi connectivity index (χ3n) is 14.6. The lowest BCUT2D eigenvalue weighted by molar-refractivity contribution is -0.154. The summed E-state index contributed by atoms with van der Waals surface area (Å²) in [5.41, 5.74) is 6.03. The summed E-state index contributed by atoms with van der Waals surface area (Å²) in [5.74, 6) is 0.260. The van der Waals surface area contributed by atoms with Gasteiger partial charge in [0.05, 0.1) is 0 Å². The van der Waals surface area contributed by atoms with Crippen LogP contribution in [0.2, 0.25) is 0 Å². The average Bonchev–Trinajstić information content (AvgIpc) is 3.22. The van der Waals surface area contributed by atoms with Crippen molar-refractivity contribution in [3.63, 3.8) is 0 Å². The number of carbonyl (C=O) groups is 2. The number of carbonyl (C=O) groups excluding carboxylic acids is 2. The van der Waals surface area contributed by atoms with Crippen molar-refractivity contribution in [2.24, 2.45) is 5.41 Å². The first kappa shape index (κ1) is 62.6. The maximum atomic E-state index is 14.4. The Bertz CT molecular complexity index is 2370. The zero-order valence-electron chi connectivity index (χ0n) is 51.2. The van der Waals surface area contributed by atoms with Gasteiger partial charge in [-0.1, -0.05) is 215 Å². The fourth-order valence-electron chi connectivity index (χ4n) is 10.1. The van der Waals surface area contributed by atoms with Gasteiger partial charge in [-0.05, 0) is 136 Å². The number of aryl methyl sites for hydroxylation is 2. The molecule has 0 saturated carbocycles. The van der Waals surface area contributed by atoms with Crippen LogP contribution >= 0.6 is 0 Å². The fraction of sp³-hybridized carbons (Fsp3) is 0.612. The number of esters is 2. The minimum atomic E-state index is -1.04. The molecule has 8 heteroatoms. The Morgan fingerprint density at radius 3 is 0.667 bits per heavy atom. The van der Waals surface area contributed by atoms with Crippen LogP contribution in [-0.4, -0.2) is 45.6 Å². The molecular weight excluding hydrogens is 933 g/mol. The summed E-state index contributed by atoms with van der Waals surface area (Å²) in [6.45, 7) is 49.7. The van der Waals surface area contributed by atoms with Crippen LogP contribution in [0.3, 0.4) is 0 Å².